The van der Waals surface area contributed by atoms with Crippen LogP contribution in [0.2, 0.25) is 0 Å². The van der Waals surface area contributed by atoms with E-state index in [1.807, 2.05) is 37.4 Å². The van der Waals surface area contributed by atoms with Gasteiger partial charge in [-0.1, -0.05) is 12.1 Å². The molecule has 2 aromatic rings. The highest BCUT2D eigenvalue weighted by atomic mass is 32.1. The van der Waals surface area contributed by atoms with Crippen molar-refractivity contribution in [3.05, 3.63) is 46.2 Å². The van der Waals surface area contributed by atoms with Gasteiger partial charge in [-0.15, -0.1) is 0 Å². The number of aliphatic hydroxyl groups excluding tert-OH is 1. The van der Waals surface area contributed by atoms with Crippen molar-refractivity contribution in [3.8, 4) is 11.5 Å². The molecule has 1 aliphatic heterocycles. The second-order valence-corrected chi connectivity index (χ2v) is 8.26. The summed E-state index contributed by atoms with van der Waals surface area (Å²) < 4.78 is 11.7. The first-order valence-electron chi connectivity index (χ1n) is 9.32. The van der Waals surface area contributed by atoms with E-state index in [0.717, 1.165) is 24.2 Å². The van der Waals surface area contributed by atoms with Crippen molar-refractivity contribution in [1.82, 2.24) is 5.32 Å². The highest BCUT2D eigenvalue weighted by Crippen LogP contribution is 2.41. The number of para-hydroxylation sites is 1. The third-order valence-electron chi connectivity index (χ3n) is 4.72. The van der Waals surface area contributed by atoms with Crippen molar-refractivity contribution in [2.75, 3.05) is 19.8 Å². The van der Waals surface area contributed by atoms with Crippen molar-refractivity contribution in [3.63, 3.8) is 0 Å². The number of hydrogen-bond donors (Lipinski definition) is 2. The number of rotatable bonds is 9. The molecule has 1 atom stereocenters. The zero-order chi connectivity index (χ0) is 19.3. The molecule has 1 amide bonds. The largest absolute Gasteiger partial charge is 0.483 e. The van der Waals surface area contributed by atoms with E-state index in [0.29, 0.717) is 18.7 Å². The summed E-state index contributed by atoms with van der Waals surface area (Å²) in [5.74, 6) is 1.47. The van der Waals surface area contributed by atoms with Gasteiger partial charge in [0.1, 0.15) is 5.60 Å². The lowest BCUT2D eigenvalue weighted by molar-refractivity contribution is -0.123. The van der Waals surface area contributed by atoms with Crippen LogP contribution in [-0.4, -0.2) is 36.4 Å². The zero-order valence-corrected chi connectivity index (χ0v) is 16.7. The van der Waals surface area contributed by atoms with Crippen molar-refractivity contribution in [2.24, 2.45) is 0 Å². The third-order valence-corrected chi connectivity index (χ3v) is 5.42. The molecule has 0 fully saturated rings. The summed E-state index contributed by atoms with van der Waals surface area (Å²) in [5, 5.41) is 16.3. The predicted octanol–water partition coefficient (Wildman–Crippen LogP) is 3.51. The molecule has 0 bridgehead atoms. The normalized spacial score (nSPS) is 15.7. The molecule has 0 saturated carbocycles. The number of carbonyl (C=O) groups is 1. The van der Waals surface area contributed by atoms with Gasteiger partial charge >= 0.3 is 0 Å². The molecule has 6 heteroatoms. The number of carbonyl (C=O) groups excluding carboxylic acids is 1. The minimum atomic E-state index is -0.243. The molecule has 27 heavy (non-hydrogen) atoms. The summed E-state index contributed by atoms with van der Waals surface area (Å²) >= 11 is 1.65. The Morgan fingerprint density at radius 3 is 2.96 bits per heavy atom. The molecule has 2 heterocycles. The fourth-order valence-electron chi connectivity index (χ4n) is 3.42. The summed E-state index contributed by atoms with van der Waals surface area (Å²) in [5.41, 5.74) is 2.09. The molecule has 1 aliphatic rings. The van der Waals surface area contributed by atoms with Gasteiger partial charge in [0.2, 0.25) is 0 Å². The van der Waals surface area contributed by atoms with E-state index in [1.165, 1.54) is 5.56 Å². The van der Waals surface area contributed by atoms with Crippen LogP contribution in [0.5, 0.6) is 11.5 Å². The number of aliphatic hydroxyl groups is 1. The Balaban J connectivity index is 1.46. The van der Waals surface area contributed by atoms with Crippen molar-refractivity contribution < 1.29 is 19.4 Å². The fourth-order valence-corrected chi connectivity index (χ4v) is 4.16. The van der Waals surface area contributed by atoms with E-state index in [2.05, 4.69) is 16.8 Å². The summed E-state index contributed by atoms with van der Waals surface area (Å²) in [6.45, 7) is 4.75. The van der Waals surface area contributed by atoms with Gasteiger partial charge in [0.25, 0.3) is 5.91 Å². The summed E-state index contributed by atoms with van der Waals surface area (Å²) in [6, 6.07) is 7.87. The smallest absolute Gasteiger partial charge is 0.257 e. The van der Waals surface area contributed by atoms with Gasteiger partial charge in [-0.25, -0.2) is 0 Å². The Labute approximate surface area is 164 Å². The van der Waals surface area contributed by atoms with E-state index < -0.39 is 0 Å². The molecule has 0 saturated heterocycles. The van der Waals surface area contributed by atoms with Gasteiger partial charge in [-0.05, 0) is 61.1 Å². The minimum Gasteiger partial charge on any atom is -0.483 e. The maximum absolute atomic E-state index is 12.1. The highest BCUT2D eigenvalue weighted by molar-refractivity contribution is 7.07. The number of fused-ring (bicyclic) bond motifs is 1. The minimum absolute atomic E-state index is 0.0383. The monoisotopic (exact) mass is 389 g/mol. The van der Waals surface area contributed by atoms with E-state index in [4.69, 9.17) is 9.47 Å². The summed E-state index contributed by atoms with van der Waals surface area (Å²) in [4.78, 5) is 12.1. The first kappa shape index (κ1) is 19.7. The average Bonchev–Trinajstić information content (AvgIpc) is 3.25. The molecule has 146 valence electrons. The third kappa shape index (κ3) is 5.23. The number of hydrogen-bond acceptors (Lipinski definition) is 5. The molecule has 0 aliphatic carbocycles. The van der Waals surface area contributed by atoms with Crippen LogP contribution < -0.4 is 14.8 Å². The van der Waals surface area contributed by atoms with Crippen molar-refractivity contribution in [1.29, 1.82) is 0 Å². The van der Waals surface area contributed by atoms with Gasteiger partial charge < -0.3 is 19.9 Å². The van der Waals surface area contributed by atoms with E-state index in [9.17, 15) is 9.90 Å². The predicted molar refractivity (Wildman–Crippen MR) is 107 cm³/mol. The molecule has 0 spiro atoms. The molecule has 1 aromatic heterocycles. The molecule has 0 radical (unpaired) electrons. The first-order chi connectivity index (χ1) is 13.0. The maximum Gasteiger partial charge on any atom is 0.257 e. The average molecular weight is 390 g/mol. The lowest BCUT2D eigenvalue weighted by Crippen LogP contribution is -2.30. The lowest BCUT2D eigenvalue weighted by atomic mass is 9.95. The molecule has 3 rings (SSSR count). The second kappa shape index (κ2) is 8.76. The van der Waals surface area contributed by atoms with Crippen LogP contribution in [-0.2, 0) is 11.2 Å². The van der Waals surface area contributed by atoms with Crippen LogP contribution in [0.15, 0.2) is 35.0 Å². The quantitative estimate of drug-likeness (QED) is 0.689. The standard InChI is InChI=1S/C21H27NO4S/c1-21(2)12-16-4-3-5-18(20(16)26-21)25-13-19(24)22-9-6-15(7-10-23)17-8-11-27-14-17/h3-5,8,11,14-15,23H,6-7,9-10,12-13H2,1-2H3,(H,22,24)/t15-/m1/s1. The van der Waals surface area contributed by atoms with Crippen LogP contribution in [0.1, 0.15) is 43.7 Å². The SMILES string of the molecule is CC1(C)Cc2cccc(OCC(=O)NCC[C@H](CCO)c3ccsc3)c2O1. The second-order valence-electron chi connectivity index (χ2n) is 7.48. The van der Waals surface area contributed by atoms with E-state index in [1.54, 1.807) is 11.3 Å². The van der Waals surface area contributed by atoms with E-state index in [-0.39, 0.29) is 30.6 Å². The van der Waals surface area contributed by atoms with E-state index >= 15 is 0 Å². The fraction of sp³-hybridized carbons (Fsp3) is 0.476. The van der Waals surface area contributed by atoms with Gasteiger partial charge in [0.15, 0.2) is 18.1 Å². The first-order valence-corrected chi connectivity index (χ1v) is 10.3. The van der Waals surface area contributed by atoms with Gasteiger partial charge in [-0.3, -0.25) is 4.79 Å². The summed E-state index contributed by atoms with van der Waals surface area (Å²) in [6.07, 6.45) is 2.33. The molecule has 1 aromatic carbocycles. The number of amides is 1. The lowest BCUT2D eigenvalue weighted by Gasteiger charge is -2.18. The van der Waals surface area contributed by atoms with Crippen molar-refractivity contribution in [2.45, 2.75) is 44.6 Å². The molecule has 0 unspecified atom stereocenters. The highest BCUT2D eigenvalue weighted by Gasteiger charge is 2.32. The number of ether oxygens (including phenoxy) is 2. The Bertz CT molecular complexity index is 758. The summed E-state index contributed by atoms with van der Waals surface area (Å²) in [7, 11) is 0. The Morgan fingerprint density at radius 1 is 1.37 bits per heavy atom. The molecular weight excluding hydrogens is 362 g/mol. The van der Waals surface area contributed by atoms with Crippen LogP contribution in [0.25, 0.3) is 0 Å². The van der Waals surface area contributed by atoms with Crippen LogP contribution in [0.4, 0.5) is 0 Å². The van der Waals surface area contributed by atoms with Gasteiger partial charge in [0, 0.05) is 25.1 Å². The van der Waals surface area contributed by atoms with Crippen molar-refractivity contribution >= 4 is 17.2 Å². The Morgan fingerprint density at radius 2 is 2.22 bits per heavy atom. The Hall–Kier alpha value is -2.05. The van der Waals surface area contributed by atoms with Crippen LogP contribution in [0, 0.1) is 0 Å². The van der Waals surface area contributed by atoms with Gasteiger partial charge in [0.05, 0.1) is 0 Å². The van der Waals surface area contributed by atoms with Gasteiger partial charge in [-0.2, -0.15) is 11.3 Å². The number of nitrogens with one attached hydrogen (secondary N) is 1. The maximum atomic E-state index is 12.1. The topological polar surface area (TPSA) is 67.8 Å². The zero-order valence-electron chi connectivity index (χ0n) is 15.9. The molecular formula is C21H27NO4S. The Kier molecular flexibility index (Phi) is 6.39. The van der Waals surface area contributed by atoms with Crippen LogP contribution >= 0.6 is 11.3 Å². The number of thiophene rings is 1. The molecule has 5 nitrogen and oxygen atoms in total. The molecule has 2 N–H and O–H groups in total. The number of benzene rings is 1. The van der Waals surface area contributed by atoms with Crippen LogP contribution in [0.3, 0.4) is 0 Å².